The first-order valence-electron chi connectivity index (χ1n) is 5.18. The smallest absolute Gasteiger partial charge is 0.0358 e. The van der Waals surface area contributed by atoms with Crippen LogP contribution in [0.2, 0.25) is 0 Å². The summed E-state index contributed by atoms with van der Waals surface area (Å²) in [6, 6.07) is 0. The van der Waals surface area contributed by atoms with Gasteiger partial charge in [-0.05, 0) is 38.1 Å². The Hall–Kier alpha value is -0.0800. The molecule has 2 nitrogen and oxygen atoms in total. The first kappa shape index (κ1) is 8.52. The predicted octanol–water partition coefficient (Wildman–Crippen LogP) is 1.26. The van der Waals surface area contributed by atoms with Crippen molar-refractivity contribution >= 4 is 0 Å². The molecule has 0 aliphatic heterocycles. The average Bonchev–Trinajstić information content (AvgIpc) is 2.42. The van der Waals surface area contributed by atoms with E-state index in [-0.39, 0.29) is 0 Å². The number of rotatable bonds is 2. The van der Waals surface area contributed by atoms with Gasteiger partial charge in [0.25, 0.3) is 0 Å². The van der Waals surface area contributed by atoms with Gasteiger partial charge in [-0.2, -0.15) is 0 Å². The van der Waals surface area contributed by atoms with Crippen molar-refractivity contribution in [2.75, 3.05) is 13.6 Å². The second kappa shape index (κ2) is 2.71. The summed E-state index contributed by atoms with van der Waals surface area (Å²) in [6.45, 7) is 0.823. The maximum absolute atomic E-state index is 5.90. The normalized spacial score (nSPS) is 38.5. The molecule has 70 valence electrons. The van der Waals surface area contributed by atoms with Gasteiger partial charge in [0, 0.05) is 12.1 Å². The highest BCUT2D eigenvalue weighted by atomic mass is 15.0. The van der Waals surface area contributed by atoms with E-state index >= 15 is 0 Å². The standard InChI is InChI=1S/C10H20N2/c1-12-10(8-11)7-3-6-9(10)4-2-5-9/h12H,2-8,11H2,1H3. The van der Waals surface area contributed by atoms with E-state index in [1.807, 2.05) is 0 Å². The van der Waals surface area contributed by atoms with Crippen molar-refractivity contribution in [3.05, 3.63) is 0 Å². The van der Waals surface area contributed by atoms with Gasteiger partial charge in [-0.1, -0.05) is 12.8 Å². The SMILES string of the molecule is CNC1(CN)CCCC12CCC2. The molecule has 1 unspecified atom stereocenters. The number of nitrogens with one attached hydrogen (secondary N) is 1. The van der Waals surface area contributed by atoms with Crippen LogP contribution in [0.5, 0.6) is 0 Å². The molecule has 0 aromatic heterocycles. The third-order valence-electron chi connectivity index (χ3n) is 4.41. The van der Waals surface area contributed by atoms with Crippen LogP contribution in [0.4, 0.5) is 0 Å². The van der Waals surface area contributed by atoms with Gasteiger partial charge in [-0.15, -0.1) is 0 Å². The first-order valence-corrected chi connectivity index (χ1v) is 5.18. The predicted molar refractivity (Wildman–Crippen MR) is 51.0 cm³/mol. The quantitative estimate of drug-likeness (QED) is 0.651. The molecule has 0 radical (unpaired) electrons. The highest BCUT2D eigenvalue weighted by Gasteiger charge is 2.55. The van der Waals surface area contributed by atoms with Gasteiger partial charge in [-0.3, -0.25) is 0 Å². The fourth-order valence-corrected chi connectivity index (χ4v) is 3.38. The molecular weight excluding hydrogens is 148 g/mol. The van der Waals surface area contributed by atoms with Crippen molar-refractivity contribution in [1.29, 1.82) is 0 Å². The van der Waals surface area contributed by atoms with Crippen LogP contribution in [-0.4, -0.2) is 19.1 Å². The zero-order valence-corrected chi connectivity index (χ0v) is 8.03. The van der Waals surface area contributed by atoms with E-state index in [1.165, 1.54) is 38.5 Å². The molecule has 2 rings (SSSR count). The van der Waals surface area contributed by atoms with Crippen LogP contribution in [-0.2, 0) is 0 Å². The van der Waals surface area contributed by atoms with Gasteiger partial charge in [0.1, 0.15) is 0 Å². The number of likely N-dealkylation sites (N-methyl/N-ethyl adjacent to an activating group) is 1. The molecule has 3 N–H and O–H groups in total. The van der Waals surface area contributed by atoms with E-state index in [2.05, 4.69) is 12.4 Å². The second-order valence-electron chi connectivity index (χ2n) is 4.52. The fourth-order valence-electron chi connectivity index (χ4n) is 3.38. The Kier molecular flexibility index (Phi) is 1.92. The highest BCUT2D eigenvalue weighted by Crippen LogP contribution is 2.58. The van der Waals surface area contributed by atoms with Gasteiger partial charge in [0.05, 0.1) is 0 Å². The Morgan fingerprint density at radius 3 is 2.08 bits per heavy atom. The molecular formula is C10H20N2. The summed E-state index contributed by atoms with van der Waals surface area (Å²) in [5.41, 5.74) is 6.79. The molecule has 2 fully saturated rings. The van der Waals surface area contributed by atoms with Crippen molar-refractivity contribution in [1.82, 2.24) is 5.32 Å². The molecule has 0 aromatic rings. The lowest BCUT2D eigenvalue weighted by Gasteiger charge is -2.52. The highest BCUT2D eigenvalue weighted by molar-refractivity contribution is 5.12. The lowest BCUT2D eigenvalue weighted by molar-refractivity contribution is 0.0374. The monoisotopic (exact) mass is 168 g/mol. The minimum absolute atomic E-state index is 0.297. The van der Waals surface area contributed by atoms with Gasteiger partial charge in [0.15, 0.2) is 0 Å². The molecule has 12 heavy (non-hydrogen) atoms. The van der Waals surface area contributed by atoms with E-state index in [1.54, 1.807) is 0 Å². The zero-order valence-electron chi connectivity index (χ0n) is 8.03. The van der Waals surface area contributed by atoms with Crippen molar-refractivity contribution in [3.63, 3.8) is 0 Å². The van der Waals surface area contributed by atoms with Crippen LogP contribution in [0.3, 0.4) is 0 Å². The number of hydrogen-bond donors (Lipinski definition) is 2. The molecule has 0 saturated heterocycles. The van der Waals surface area contributed by atoms with E-state index in [4.69, 9.17) is 5.73 Å². The van der Waals surface area contributed by atoms with Gasteiger partial charge in [0.2, 0.25) is 0 Å². The van der Waals surface area contributed by atoms with E-state index in [0.717, 1.165) is 6.54 Å². The van der Waals surface area contributed by atoms with Crippen LogP contribution in [0.25, 0.3) is 0 Å². The second-order valence-corrected chi connectivity index (χ2v) is 4.52. The Labute approximate surface area is 74.9 Å². The summed E-state index contributed by atoms with van der Waals surface area (Å²) < 4.78 is 0. The lowest BCUT2D eigenvalue weighted by atomic mass is 9.58. The van der Waals surface area contributed by atoms with Crippen LogP contribution in [0, 0.1) is 5.41 Å². The molecule has 0 aromatic carbocycles. The molecule has 2 saturated carbocycles. The molecule has 1 spiro atoms. The average molecular weight is 168 g/mol. The van der Waals surface area contributed by atoms with Crippen molar-refractivity contribution in [2.24, 2.45) is 11.1 Å². The third-order valence-corrected chi connectivity index (χ3v) is 4.41. The summed E-state index contributed by atoms with van der Waals surface area (Å²) in [5.74, 6) is 0. The minimum Gasteiger partial charge on any atom is -0.329 e. The van der Waals surface area contributed by atoms with Gasteiger partial charge in [-0.25, -0.2) is 0 Å². The Bertz CT molecular complexity index is 169. The Morgan fingerprint density at radius 2 is 1.75 bits per heavy atom. The zero-order chi connectivity index (χ0) is 8.66. The largest absolute Gasteiger partial charge is 0.329 e. The molecule has 2 aliphatic rings. The summed E-state index contributed by atoms with van der Waals surface area (Å²) >= 11 is 0. The fraction of sp³-hybridized carbons (Fsp3) is 1.00. The topological polar surface area (TPSA) is 38.0 Å². The number of nitrogens with two attached hydrogens (primary N) is 1. The summed E-state index contributed by atoms with van der Waals surface area (Å²) in [7, 11) is 2.08. The summed E-state index contributed by atoms with van der Waals surface area (Å²) in [6.07, 6.45) is 8.31. The maximum Gasteiger partial charge on any atom is 0.0358 e. The van der Waals surface area contributed by atoms with Crippen molar-refractivity contribution in [3.8, 4) is 0 Å². The lowest BCUT2D eigenvalue weighted by Crippen LogP contribution is -2.61. The van der Waals surface area contributed by atoms with Crippen LogP contribution >= 0.6 is 0 Å². The summed E-state index contributed by atoms with van der Waals surface area (Å²) in [5, 5.41) is 3.49. The first-order chi connectivity index (χ1) is 5.79. The van der Waals surface area contributed by atoms with Crippen LogP contribution < -0.4 is 11.1 Å². The molecule has 2 aliphatic carbocycles. The molecule has 2 heteroatoms. The van der Waals surface area contributed by atoms with E-state index in [9.17, 15) is 0 Å². The van der Waals surface area contributed by atoms with Crippen LogP contribution in [0.1, 0.15) is 38.5 Å². The van der Waals surface area contributed by atoms with Gasteiger partial charge >= 0.3 is 0 Å². The van der Waals surface area contributed by atoms with Crippen molar-refractivity contribution < 1.29 is 0 Å². The molecule has 0 heterocycles. The number of hydrogen-bond acceptors (Lipinski definition) is 2. The maximum atomic E-state index is 5.90. The van der Waals surface area contributed by atoms with Crippen LogP contribution in [0.15, 0.2) is 0 Å². The molecule has 1 atom stereocenters. The van der Waals surface area contributed by atoms with E-state index in [0.29, 0.717) is 11.0 Å². The van der Waals surface area contributed by atoms with E-state index < -0.39 is 0 Å². The minimum atomic E-state index is 0.297. The van der Waals surface area contributed by atoms with Gasteiger partial charge < -0.3 is 11.1 Å². The Balaban J connectivity index is 2.21. The molecule has 0 bridgehead atoms. The molecule has 0 amide bonds. The Morgan fingerprint density at radius 1 is 1.17 bits per heavy atom. The third kappa shape index (κ3) is 0.826. The summed E-state index contributed by atoms with van der Waals surface area (Å²) in [4.78, 5) is 0. The van der Waals surface area contributed by atoms with Crippen molar-refractivity contribution in [2.45, 2.75) is 44.1 Å².